The van der Waals surface area contributed by atoms with Crippen LogP contribution < -0.4 is 5.32 Å². The largest absolute Gasteiger partial charge is 0.303 e. The summed E-state index contributed by atoms with van der Waals surface area (Å²) in [5.41, 5.74) is 1.56. The van der Waals surface area contributed by atoms with E-state index in [1.165, 1.54) is 24.3 Å². The molecule has 108 valence electrons. The van der Waals surface area contributed by atoms with Crippen molar-refractivity contribution >= 4 is 11.5 Å². The first-order chi connectivity index (χ1) is 10.1. The Morgan fingerprint density at radius 1 is 1.14 bits per heavy atom. The lowest BCUT2D eigenvalue weighted by atomic mass is 10.1. The number of hydrogen-bond donors (Lipinski definition) is 1. The van der Waals surface area contributed by atoms with Gasteiger partial charge < -0.3 is 5.32 Å². The molecule has 0 saturated carbocycles. The summed E-state index contributed by atoms with van der Waals surface area (Å²) in [5.74, 6) is -0.0901. The second kappa shape index (κ2) is 6.76. The van der Waals surface area contributed by atoms with Crippen LogP contribution in [0, 0.1) is 10.1 Å². The normalized spacial score (nSPS) is 11.9. The summed E-state index contributed by atoms with van der Waals surface area (Å²) >= 11 is 0. The zero-order valence-electron chi connectivity index (χ0n) is 11.7. The number of rotatable bonds is 6. The molecule has 0 saturated heterocycles. The number of hydrogen-bond acceptors (Lipinski definition) is 4. The van der Waals surface area contributed by atoms with Gasteiger partial charge in [0.15, 0.2) is 5.78 Å². The summed E-state index contributed by atoms with van der Waals surface area (Å²) < 4.78 is 0. The highest BCUT2D eigenvalue weighted by atomic mass is 16.6. The number of ketones is 1. The van der Waals surface area contributed by atoms with E-state index in [0.29, 0.717) is 5.56 Å². The first-order valence-corrected chi connectivity index (χ1v) is 6.64. The number of carbonyl (C=O) groups is 1. The van der Waals surface area contributed by atoms with Gasteiger partial charge in [-0.2, -0.15) is 0 Å². The highest BCUT2D eigenvalue weighted by Crippen LogP contribution is 2.13. The van der Waals surface area contributed by atoms with Gasteiger partial charge in [-0.3, -0.25) is 14.9 Å². The minimum Gasteiger partial charge on any atom is -0.303 e. The smallest absolute Gasteiger partial charge is 0.269 e. The van der Waals surface area contributed by atoms with Gasteiger partial charge in [-0.1, -0.05) is 30.3 Å². The molecule has 5 heteroatoms. The van der Waals surface area contributed by atoms with Crippen LogP contribution in [0.4, 0.5) is 5.69 Å². The van der Waals surface area contributed by atoms with Crippen LogP contribution in [0.15, 0.2) is 54.6 Å². The molecule has 2 aromatic rings. The van der Waals surface area contributed by atoms with E-state index >= 15 is 0 Å². The first kappa shape index (κ1) is 14.9. The molecule has 0 aromatic heterocycles. The number of Topliss-reactive ketones (excluding diaryl/α,β-unsaturated/α-hetero) is 1. The van der Waals surface area contributed by atoms with Crippen LogP contribution in [0.2, 0.25) is 0 Å². The number of non-ortho nitro benzene ring substituents is 1. The molecule has 0 bridgehead atoms. The average molecular weight is 284 g/mol. The van der Waals surface area contributed by atoms with Gasteiger partial charge >= 0.3 is 0 Å². The fourth-order valence-corrected chi connectivity index (χ4v) is 1.98. The predicted octanol–water partition coefficient (Wildman–Crippen LogP) is 3.13. The molecule has 1 N–H and O–H groups in total. The van der Waals surface area contributed by atoms with Crippen molar-refractivity contribution in [2.45, 2.75) is 13.0 Å². The molecule has 0 fully saturated rings. The van der Waals surface area contributed by atoms with Crippen LogP contribution in [0.5, 0.6) is 0 Å². The SMILES string of the molecule is CC(NCC(=O)c1ccc([N+](=O)[O-])cc1)c1ccccc1. The molecule has 0 radical (unpaired) electrons. The zero-order chi connectivity index (χ0) is 15.2. The lowest BCUT2D eigenvalue weighted by molar-refractivity contribution is -0.384. The van der Waals surface area contributed by atoms with Crippen molar-refractivity contribution in [1.29, 1.82) is 0 Å². The molecular formula is C16H16N2O3. The van der Waals surface area contributed by atoms with Crippen LogP contribution >= 0.6 is 0 Å². The Morgan fingerprint density at radius 3 is 2.33 bits per heavy atom. The number of nitrogens with one attached hydrogen (secondary N) is 1. The molecule has 0 aliphatic carbocycles. The summed E-state index contributed by atoms with van der Waals surface area (Å²) in [7, 11) is 0. The van der Waals surface area contributed by atoms with Crippen LogP contribution in [0.3, 0.4) is 0 Å². The Kier molecular flexibility index (Phi) is 4.79. The van der Waals surface area contributed by atoms with Gasteiger partial charge in [0, 0.05) is 23.7 Å². The van der Waals surface area contributed by atoms with Gasteiger partial charge in [0.1, 0.15) is 0 Å². The monoisotopic (exact) mass is 284 g/mol. The van der Waals surface area contributed by atoms with E-state index in [1.54, 1.807) is 0 Å². The molecule has 2 rings (SSSR count). The highest BCUT2D eigenvalue weighted by molar-refractivity contribution is 5.97. The minimum absolute atomic E-state index is 0.0165. The fraction of sp³-hybridized carbons (Fsp3) is 0.188. The molecule has 1 atom stereocenters. The van der Waals surface area contributed by atoms with Crippen molar-refractivity contribution in [3.63, 3.8) is 0 Å². The molecule has 5 nitrogen and oxygen atoms in total. The molecule has 0 spiro atoms. The number of nitrogens with zero attached hydrogens (tertiary/aromatic N) is 1. The van der Waals surface area contributed by atoms with Gasteiger partial charge in [-0.25, -0.2) is 0 Å². The summed E-state index contributed by atoms with van der Waals surface area (Å²) in [6, 6.07) is 15.5. The Morgan fingerprint density at radius 2 is 1.76 bits per heavy atom. The third-order valence-corrected chi connectivity index (χ3v) is 3.27. The van der Waals surface area contributed by atoms with Crippen molar-refractivity contribution < 1.29 is 9.72 Å². The minimum atomic E-state index is -0.482. The molecule has 0 aliphatic rings. The number of nitro groups is 1. The van der Waals surface area contributed by atoms with E-state index in [9.17, 15) is 14.9 Å². The second-order valence-corrected chi connectivity index (χ2v) is 4.74. The molecule has 0 aliphatic heterocycles. The fourth-order valence-electron chi connectivity index (χ4n) is 1.98. The van der Waals surface area contributed by atoms with Crippen molar-refractivity contribution in [2.75, 3.05) is 6.54 Å². The Balaban J connectivity index is 1.94. The van der Waals surface area contributed by atoms with E-state index in [0.717, 1.165) is 5.56 Å². The van der Waals surface area contributed by atoms with Crippen molar-refractivity contribution in [1.82, 2.24) is 5.32 Å². The maximum Gasteiger partial charge on any atom is 0.269 e. The van der Waals surface area contributed by atoms with Crippen molar-refractivity contribution in [3.8, 4) is 0 Å². The Bertz CT molecular complexity index is 624. The summed E-state index contributed by atoms with van der Waals surface area (Å²) in [6.45, 7) is 2.17. The quantitative estimate of drug-likeness (QED) is 0.502. The molecule has 0 heterocycles. The molecule has 21 heavy (non-hydrogen) atoms. The first-order valence-electron chi connectivity index (χ1n) is 6.64. The number of benzene rings is 2. The van der Waals surface area contributed by atoms with Crippen LogP contribution in [0.1, 0.15) is 28.9 Å². The lowest BCUT2D eigenvalue weighted by Gasteiger charge is -2.13. The summed E-state index contributed by atoms with van der Waals surface area (Å²) in [4.78, 5) is 22.1. The van der Waals surface area contributed by atoms with Gasteiger partial charge in [0.05, 0.1) is 11.5 Å². The van der Waals surface area contributed by atoms with Crippen LogP contribution in [-0.2, 0) is 0 Å². The van der Waals surface area contributed by atoms with E-state index in [4.69, 9.17) is 0 Å². The Hall–Kier alpha value is -2.53. The molecular weight excluding hydrogens is 268 g/mol. The van der Waals surface area contributed by atoms with Crippen molar-refractivity contribution in [3.05, 3.63) is 75.8 Å². The molecule has 2 aromatic carbocycles. The van der Waals surface area contributed by atoms with E-state index in [1.807, 2.05) is 37.3 Å². The van der Waals surface area contributed by atoms with E-state index < -0.39 is 4.92 Å². The maximum atomic E-state index is 12.0. The van der Waals surface area contributed by atoms with Crippen LogP contribution in [-0.4, -0.2) is 17.3 Å². The summed E-state index contributed by atoms with van der Waals surface area (Å²) in [6.07, 6.45) is 0. The number of nitro benzene ring substituents is 1. The van der Waals surface area contributed by atoms with Gasteiger partial charge in [0.2, 0.25) is 0 Å². The third kappa shape index (κ3) is 3.97. The summed E-state index contributed by atoms with van der Waals surface area (Å²) in [5, 5.41) is 13.7. The lowest BCUT2D eigenvalue weighted by Crippen LogP contribution is -2.26. The standard InChI is InChI=1S/C16H16N2O3/c1-12(13-5-3-2-4-6-13)17-11-16(19)14-7-9-15(10-8-14)18(20)21/h2-10,12,17H,11H2,1H3. The maximum absolute atomic E-state index is 12.0. The average Bonchev–Trinajstić information content (AvgIpc) is 2.53. The van der Waals surface area contributed by atoms with E-state index in [-0.39, 0.29) is 24.1 Å². The van der Waals surface area contributed by atoms with Gasteiger partial charge in [0.25, 0.3) is 5.69 Å². The van der Waals surface area contributed by atoms with Gasteiger partial charge in [-0.05, 0) is 24.6 Å². The second-order valence-electron chi connectivity index (χ2n) is 4.74. The Labute approximate surface area is 122 Å². The predicted molar refractivity (Wildman–Crippen MR) is 80.3 cm³/mol. The molecule has 0 amide bonds. The van der Waals surface area contributed by atoms with Crippen molar-refractivity contribution in [2.24, 2.45) is 0 Å². The third-order valence-electron chi connectivity index (χ3n) is 3.27. The number of carbonyl (C=O) groups excluding carboxylic acids is 1. The topological polar surface area (TPSA) is 72.2 Å². The van der Waals surface area contributed by atoms with E-state index in [2.05, 4.69) is 5.32 Å². The highest BCUT2D eigenvalue weighted by Gasteiger charge is 2.11. The zero-order valence-corrected chi connectivity index (χ0v) is 11.7. The van der Waals surface area contributed by atoms with Gasteiger partial charge in [-0.15, -0.1) is 0 Å². The molecule has 1 unspecified atom stereocenters. The van der Waals surface area contributed by atoms with Crippen LogP contribution in [0.25, 0.3) is 0 Å².